The first-order valence-electron chi connectivity index (χ1n) is 11.4. The van der Waals surface area contributed by atoms with Crippen molar-refractivity contribution in [1.29, 1.82) is 0 Å². The Bertz CT molecular complexity index is 1430. The minimum atomic E-state index is 0.464. The molecule has 0 amide bonds. The topological polar surface area (TPSA) is 60.4 Å². The largest absolute Gasteiger partial charge is 0.497 e. The zero-order chi connectivity index (χ0) is 25.1. The van der Waals surface area contributed by atoms with E-state index in [0.29, 0.717) is 29.9 Å². The third-order valence-electron chi connectivity index (χ3n) is 6.00. The van der Waals surface area contributed by atoms with E-state index < -0.39 is 0 Å². The van der Waals surface area contributed by atoms with Crippen LogP contribution in [0.15, 0.2) is 72.9 Å². The molecule has 0 aliphatic rings. The average Bonchev–Trinajstić information content (AvgIpc) is 2.89. The van der Waals surface area contributed by atoms with Crippen LogP contribution < -0.4 is 9.47 Å². The number of fused-ring (bicyclic) bond motifs is 2. The molecular weight excluding hydrogens is 495 g/mol. The van der Waals surface area contributed by atoms with Gasteiger partial charge in [-0.3, -0.25) is 9.88 Å². The van der Waals surface area contributed by atoms with Gasteiger partial charge in [0.25, 0.3) is 0 Å². The molecule has 0 atom stereocenters. The number of halogens is 2. The molecule has 5 aromatic rings. The van der Waals surface area contributed by atoms with E-state index in [1.807, 2.05) is 54.6 Å². The van der Waals surface area contributed by atoms with Gasteiger partial charge in [0, 0.05) is 47.7 Å². The standard InChI is InChI=1S/C28H24Cl2N4O2/c1-35-23-6-8-25-18(13-23)11-20(27(29)32-25)15-34(17-22-5-3-4-10-31-22)16-21-12-19-14-24(36-2)7-9-26(19)33-28(21)30/h3-14H,15-17H2,1-2H3. The van der Waals surface area contributed by atoms with Gasteiger partial charge in [-0.25, -0.2) is 9.97 Å². The average molecular weight is 519 g/mol. The lowest BCUT2D eigenvalue weighted by Gasteiger charge is -2.23. The fourth-order valence-corrected chi connectivity index (χ4v) is 4.61. The van der Waals surface area contributed by atoms with Crippen molar-refractivity contribution in [1.82, 2.24) is 19.9 Å². The Kier molecular flexibility index (Phi) is 7.18. The Balaban J connectivity index is 1.51. The lowest BCUT2D eigenvalue weighted by Crippen LogP contribution is -2.23. The Labute approximate surface area is 219 Å². The van der Waals surface area contributed by atoms with Crippen LogP contribution in [0.25, 0.3) is 21.8 Å². The maximum Gasteiger partial charge on any atom is 0.134 e. The molecule has 0 aliphatic heterocycles. The second kappa shape index (κ2) is 10.7. The normalized spacial score (nSPS) is 11.4. The van der Waals surface area contributed by atoms with Crippen LogP contribution in [0.2, 0.25) is 10.3 Å². The molecule has 0 bridgehead atoms. The number of benzene rings is 2. The third-order valence-corrected chi connectivity index (χ3v) is 6.65. The van der Waals surface area contributed by atoms with Gasteiger partial charge in [-0.2, -0.15) is 0 Å². The molecular formula is C28H24Cl2N4O2. The Morgan fingerprint density at radius 3 is 1.72 bits per heavy atom. The summed E-state index contributed by atoms with van der Waals surface area (Å²) in [7, 11) is 3.30. The highest BCUT2D eigenvalue weighted by molar-refractivity contribution is 6.31. The molecule has 36 heavy (non-hydrogen) atoms. The van der Waals surface area contributed by atoms with E-state index in [1.165, 1.54) is 0 Å². The predicted octanol–water partition coefficient (Wildman–Crippen LogP) is 6.70. The fourth-order valence-electron chi connectivity index (χ4n) is 4.20. The molecule has 0 saturated carbocycles. The molecule has 3 aromatic heterocycles. The zero-order valence-corrected chi connectivity index (χ0v) is 21.4. The second-order valence-electron chi connectivity index (χ2n) is 8.46. The van der Waals surface area contributed by atoms with Gasteiger partial charge < -0.3 is 9.47 Å². The van der Waals surface area contributed by atoms with E-state index in [-0.39, 0.29) is 0 Å². The quantitative estimate of drug-likeness (QED) is 0.213. The number of hydrogen-bond acceptors (Lipinski definition) is 6. The van der Waals surface area contributed by atoms with Gasteiger partial charge in [0.1, 0.15) is 21.8 Å². The van der Waals surface area contributed by atoms with Crippen molar-refractivity contribution in [2.24, 2.45) is 0 Å². The highest BCUT2D eigenvalue weighted by Crippen LogP contribution is 2.28. The van der Waals surface area contributed by atoms with Gasteiger partial charge in [0.2, 0.25) is 0 Å². The summed E-state index contributed by atoms with van der Waals surface area (Å²) in [5.74, 6) is 1.54. The number of aromatic nitrogens is 3. The number of hydrogen-bond donors (Lipinski definition) is 0. The van der Waals surface area contributed by atoms with Crippen molar-refractivity contribution >= 4 is 45.0 Å². The minimum absolute atomic E-state index is 0.464. The lowest BCUT2D eigenvalue weighted by atomic mass is 10.1. The van der Waals surface area contributed by atoms with Gasteiger partial charge in [-0.1, -0.05) is 29.3 Å². The number of methoxy groups -OCH3 is 2. The zero-order valence-electron chi connectivity index (χ0n) is 19.9. The molecule has 8 heteroatoms. The van der Waals surface area contributed by atoms with Crippen molar-refractivity contribution < 1.29 is 9.47 Å². The molecule has 182 valence electrons. The number of rotatable bonds is 8. The Morgan fingerprint density at radius 2 is 1.25 bits per heavy atom. The second-order valence-corrected chi connectivity index (χ2v) is 9.18. The van der Waals surface area contributed by atoms with Crippen LogP contribution in [0, 0.1) is 0 Å². The van der Waals surface area contributed by atoms with Crippen molar-refractivity contribution in [2.75, 3.05) is 14.2 Å². The van der Waals surface area contributed by atoms with E-state index in [0.717, 1.165) is 50.1 Å². The van der Waals surface area contributed by atoms with Crippen LogP contribution in [0.1, 0.15) is 16.8 Å². The fraction of sp³-hybridized carbons (Fsp3) is 0.179. The van der Waals surface area contributed by atoms with Crippen LogP contribution in [-0.4, -0.2) is 34.1 Å². The summed E-state index contributed by atoms with van der Waals surface area (Å²) in [6, 6.07) is 21.5. The smallest absolute Gasteiger partial charge is 0.134 e. The molecule has 5 rings (SSSR count). The van der Waals surface area contributed by atoms with Crippen molar-refractivity contribution in [3.05, 3.63) is 100 Å². The molecule has 2 aromatic carbocycles. The summed E-state index contributed by atoms with van der Waals surface area (Å²) >= 11 is 13.3. The van der Waals surface area contributed by atoms with Crippen LogP contribution in [0.5, 0.6) is 11.5 Å². The number of pyridine rings is 3. The van der Waals surface area contributed by atoms with Crippen LogP contribution in [0.3, 0.4) is 0 Å². The van der Waals surface area contributed by atoms with E-state index in [4.69, 9.17) is 32.7 Å². The molecule has 0 radical (unpaired) electrons. The summed E-state index contributed by atoms with van der Waals surface area (Å²) in [6.07, 6.45) is 1.79. The highest BCUT2D eigenvalue weighted by atomic mass is 35.5. The maximum atomic E-state index is 6.63. The summed E-state index contributed by atoms with van der Waals surface area (Å²) in [5.41, 5.74) is 4.38. The molecule has 0 spiro atoms. The highest BCUT2D eigenvalue weighted by Gasteiger charge is 2.16. The summed E-state index contributed by atoms with van der Waals surface area (Å²) in [6.45, 7) is 1.68. The van der Waals surface area contributed by atoms with Crippen molar-refractivity contribution in [2.45, 2.75) is 19.6 Å². The molecule has 0 saturated heterocycles. The van der Waals surface area contributed by atoms with Crippen molar-refractivity contribution in [3.63, 3.8) is 0 Å². The maximum absolute atomic E-state index is 6.63. The molecule has 0 unspecified atom stereocenters. The molecule has 6 nitrogen and oxygen atoms in total. The van der Waals surface area contributed by atoms with Gasteiger partial charge >= 0.3 is 0 Å². The first-order valence-corrected chi connectivity index (χ1v) is 12.2. The van der Waals surface area contributed by atoms with Gasteiger partial charge in [-0.05, 0) is 60.7 Å². The molecule has 3 heterocycles. The number of ether oxygens (including phenoxy) is 2. The molecule has 0 fully saturated rings. The summed E-state index contributed by atoms with van der Waals surface area (Å²) in [5, 5.41) is 2.85. The summed E-state index contributed by atoms with van der Waals surface area (Å²) < 4.78 is 10.8. The van der Waals surface area contributed by atoms with Crippen LogP contribution in [-0.2, 0) is 19.6 Å². The first kappa shape index (κ1) is 24.3. The number of nitrogens with zero attached hydrogens (tertiary/aromatic N) is 4. The van der Waals surface area contributed by atoms with Crippen molar-refractivity contribution in [3.8, 4) is 11.5 Å². The Hall–Kier alpha value is -3.45. The van der Waals surface area contributed by atoms with E-state index in [2.05, 4.69) is 32.0 Å². The SMILES string of the molecule is COc1ccc2nc(Cl)c(CN(Cc3ccccn3)Cc3cc4cc(OC)ccc4nc3Cl)cc2c1. The molecule has 0 aliphatic carbocycles. The third kappa shape index (κ3) is 5.36. The Morgan fingerprint density at radius 1 is 0.694 bits per heavy atom. The van der Waals surface area contributed by atoms with E-state index >= 15 is 0 Å². The van der Waals surface area contributed by atoms with Crippen LogP contribution >= 0.6 is 23.2 Å². The van der Waals surface area contributed by atoms with E-state index in [9.17, 15) is 0 Å². The summed E-state index contributed by atoms with van der Waals surface area (Å²) in [4.78, 5) is 16.0. The predicted molar refractivity (Wildman–Crippen MR) is 144 cm³/mol. The van der Waals surface area contributed by atoms with Gasteiger partial charge in [0.15, 0.2) is 0 Å². The van der Waals surface area contributed by atoms with Gasteiger partial charge in [0.05, 0.1) is 30.9 Å². The first-order chi connectivity index (χ1) is 17.5. The van der Waals surface area contributed by atoms with Gasteiger partial charge in [-0.15, -0.1) is 0 Å². The lowest BCUT2D eigenvalue weighted by molar-refractivity contribution is 0.244. The minimum Gasteiger partial charge on any atom is -0.497 e. The monoisotopic (exact) mass is 518 g/mol. The van der Waals surface area contributed by atoms with E-state index in [1.54, 1.807) is 20.4 Å². The van der Waals surface area contributed by atoms with Crippen LogP contribution in [0.4, 0.5) is 0 Å². The molecule has 0 N–H and O–H groups in total.